The second kappa shape index (κ2) is 8.15. The van der Waals surface area contributed by atoms with E-state index in [9.17, 15) is 4.39 Å². The van der Waals surface area contributed by atoms with Gasteiger partial charge in [-0.2, -0.15) is 0 Å². The Labute approximate surface area is 133 Å². The number of hydrogen-bond acceptors (Lipinski definition) is 2. The van der Waals surface area contributed by atoms with E-state index in [1.54, 1.807) is 12.1 Å². The Hall–Kier alpha value is -1.39. The standard InChI is InChI=1S/C17H19BrFNO/c1-2-10-20-12-17(13-6-4-3-5-7-13)21-16-9-8-14(18)11-15(16)19/h3-9,11,17,20H,2,10,12H2,1H3. The van der Waals surface area contributed by atoms with Gasteiger partial charge in [0.25, 0.3) is 0 Å². The largest absolute Gasteiger partial charge is 0.481 e. The van der Waals surface area contributed by atoms with Crippen LogP contribution in [0.25, 0.3) is 0 Å². The van der Waals surface area contributed by atoms with Crippen molar-refractivity contribution in [1.29, 1.82) is 0 Å². The molecule has 0 bridgehead atoms. The highest BCUT2D eigenvalue weighted by Crippen LogP contribution is 2.26. The van der Waals surface area contributed by atoms with Crippen LogP contribution in [0.15, 0.2) is 53.0 Å². The number of rotatable bonds is 7. The zero-order valence-electron chi connectivity index (χ0n) is 12.0. The molecule has 0 aliphatic heterocycles. The summed E-state index contributed by atoms with van der Waals surface area (Å²) in [6.07, 6.45) is 0.835. The van der Waals surface area contributed by atoms with E-state index in [1.807, 2.05) is 30.3 Å². The van der Waals surface area contributed by atoms with Crippen LogP contribution >= 0.6 is 15.9 Å². The lowest BCUT2D eigenvalue weighted by atomic mass is 10.1. The topological polar surface area (TPSA) is 21.3 Å². The van der Waals surface area contributed by atoms with Crippen molar-refractivity contribution in [3.05, 3.63) is 64.4 Å². The van der Waals surface area contributed by atoms with Crippen molar-refractivity contribution in [2.75, 3.05) is 13.1 Å². The van der Waals surface area contributed by atoms with E-state index in [0.717, 1.165) is 18.5 Å². The molecular weight excluding hydrogens is 333 g/mol. The highest BCUT2D eigenvalue weighted by atomic mass is 79.9. The van der Waals surface area contributed by atoms with Crippen molar-refractivity contribution in [3.8, 4) is 5.75 Å². The third-order valence-electron chi connectivity index (χ3n) is 3.09. The summed E-state index contributed by atoms with van der Waals surface area (Å²) in [6.45, 7) is 3.67. The molecule has 21 heavy (non-hydrogen) atoms. The molecule has 1 atom stereocenters. The molecule has 0 heterocycles. The molecule has 0 saturated carbocycles. The number of ether oxygens (including phenoxy) is 1. The highest BCUT2D eigenvalue weighted by Gasteiger charge is 2.15. The minimum absolute atomic E-state index is 0.214. The third-order valence-corrected chi connectivity index (χ3v) is 3.58. The Morgan fingerprint density at radius 1 is 1.19 bits per heavy atom. The van der Waals surface area contributed by atoms with Gasteiger partial charge in [0, 0.05) is 11.0 Å². The maximum absolute atomic E-state index is 13.9. The van der Waals surface area contributed by atoms with Crippen LogP contribution in [0.3, 0.4) is 0 Å². The molecule has 4 heteroatoms. The summed E-state index contributed by atoms with van der Waals surface area (Å²) in [4.78, 5) is 0. The molecular formula is C17H19BrFNO. The minimum atomic E-state index is -0.360. The van der Waals surface area contributed by atoms with E-state index in [-0.39, 0.29) is 17.7 Å². The average Bonchev–Trinajstić information content (AvgIpc) is 2.49. The summed E-state index contributed by atoms with van der Waals surface area (Å²) in [6, 6.07) is 14.7. The lowest BCUT2D eigenvalue weighted by Crippen LogP contribution is -2.26. The molecule has 1 N–H and O–H groups in total. The minimum Gasteiger partial charge on any atom is -0.481 e. The summed E-state index contributed by atoms with van der Waals surface area (Å²) in [5, 5.41) is 3.33. The first-order chi connectivity index (χ1) is 10.2. The molecule has 0 fully saturated rings. The molecule has 0 radical (unpaired) electrons. The normalized spacial score (nSPS) is 12.1. The predicted molar refractivity (Wildman–Crippen MR) is 87.1 cm³/mol. The average molecular weight is 352 g/mol. The SMILES string of the molecule is CCCNCC(Oc1ccc(Br)cc1F)c1ccccc1. The molecule has 2 rings (SSSR count). The third kappa shape index (κ3) is 4.83. The van der Waals surface area contributed by atoms with Crippen molar-refractivity contribution in [2.45, 2.75) is 19.4 Å². The Kier molecular flexibility index (Phi) is 6.21. The molecule has 0 amide bonds. The van der Waals surface area contributed by atoms with Crippen molar-refractivity contribution in [2.24, 2.45) is 0 Å². The fraction of sp³-hybridized carbons (Fsp3) is 0.294. The van der Waals surface area contributed by atoms with Gasteiger partial charge in [-0.25, -0.2) is 4.39 Å². The molecule has 112 valence electrons. The van der Waals surface area contributed by atoms with Crippen molar-refractivity contribution in [3.63, 3.8) is 0 Å². The number of nitrogens with one attached hydrogen (secondary N) is 1. The zero-order valence-corrected chi connectivity index (χ0v) is 13.6. The van der Waals surface area contributed by atoms with Crippen LogP contribution in [-0.2, 0) is 0 Å². The van der Waals surface area contributed by atoms with Gasteiger partial charge in [-0.3, -0.25) is 0 Å². The lowest BCUT2D eigenvalue weighted by molar-refractivity contribution is 0.193. The van der Waals surface area contributed by atoms with E-state index in [0.29, 0.717) is 11.0 Å². The van der Waals surface area contributed by atoms with Crippen molar-refractivity contribution >= 4 is 15.9 Å². The van der Waals surface area contributed by atoms with Gasteiger partial charge in [-0.1, -0.05) is 53.2 Å². The molecule has 0 saturated heterocycles. The van der Waals surface area contributed by atoms with E-state index >= 15 is 0 Å². The fourth-order valence-corrected chi connectivity index (χ4v) is 2.36. The van der Waals surface area contributed by atoms with Crippen LogP contribution < -0.4 is 10.1 Å². The van der Waals surface area contributed by atoms with Gasteiger partial charge >= 0.3 is 0 Å². The van der Waals surface area contributed by atoms with Gasteiger partial charge in [0.1, 0.15) is 6.10 Å². The second-order valence-electron chi connectivity index (χ2n) is 4.80. The van der Waals surface area contributed by atoms with Crippen LogP contribution in [0.2, 0.25) is 0 Å². The van der Waals surface area contributed by atoms with E-state index < -0.39 is 0 Å². The monoisotopic (exact) mass is 351 g/mol. The second-order valence-corrected chi connectivity index (χ2v) is 5.71. The van der Waals surface area contributed by atoms with Crippen LogP contribution in [0.1, 0.15) is 25.0 Å². The predicted octanol–water partition coefficient (Wildman–Crippen LogP) is 4.71. The van der Waals surface area contributed by atoms with Gasteiger partial charge in [-0.15, -0.1) is 0 Å². The zero-order chi connectivity index (χ0) is 15.1. The van der Waals surface area contributed by atoms with Crippen LogP contribution in [0.5, 0.6) is 5.75 Å². The van der Waals surface area contributed by atoms with E-state index in [4.69, 9.17) is 4.74 Å². The number of benzene rings is 2. The molecule has 0 aliphatic carbocycles. The molecule has 0 aromatic heterocycles. The van der Waals surface area contributed by atoms with Crippen LogP contribution in [-0.4, -0.2) is 13.1 Å². The number of halogens is 2. The van der Waals surface area contributed by atoms with E-state index in [2.05, 4.69) is 28.2 Å². The maximum atomic E-state index is 13.9. The first kappa shape index (κ1) is 16.0. The lowest BCUT2D eigenvalue weighted by Gasteiger charge is -2.20. The maximum Gasteiger partial charge on any atom is 0.166 e. The van der Waals surface area contributed by atoms with Crippen LogP contribution in [0, 0.1) is 5.82 Å². The Bertz CT molecular complexity index is 562. The smallest absolute Gasteiger partial charge is 0.166 e. The molecule has 2 aromatic carbocycles. The molecule has 2 nitrogen and oxygen atoms in total. The summed E-state index contributed by atoms with van der Waals surface area (Å²) >= 11 is 3.25. The van der Waals surface area contributed by atoms with Gasteiger partial charge in [0.15, 0.2) is 11.6 Å². The van der Waals surface area contributed by atoms with Gasteiger partial charge in [0.05, 0.1) is 0 Å². The van der Waals surface area contributed by atoms with E-state index in [1.165, 1.54) is 6.07 Å². The van der Waals surface area contributed by atoms with Crippen molar-refractivity contribution < 1.29 is 9.13 Å². The summed E-state index contributed by atoms with van der Waals surface area (Å²) in [7, 11) is 0. The van der Waals surface area contributed by atoms with Gasteiger partial charge < -0.3 is 10.1 Å². The Morgan fingerprint density at radius 2 is 1.95 bits per heavy atom. The molecule has 1 unspecified atom stereocenters. The van der Waals surface area contributed by atoms with Crippen LogP contribution in [0.4, 0.5) is 4.39 Å². The summed E-state index contributed by atoms with van der Waals surface area (Å²) in [5.41, 5.74) is 1.03. The fourth-order valence-electron chi connectivity index (χ4n) is 2.03. The summed E-state index contributed by atoms with van der Waals surface area (Å²) in [5.74, 6) is -0.0915. The molecule has 0 spiro atoms. The summed E-state index contributed by atoms with van der Waals surface area (Å²) < 4.78 is 20.5. The highest BCUT2D eigenvalue weighted by molar-refractivity contribution is 9.10. The molecule has 2 aromatic rings. The Morgan fingerprint density at radius 3 is 2.62 bits per heavy atom. The number of hydrogen-bond donors (Lipinski definition) is 1. The molecule has 0 aliphatic rings. The first-order valence-corrected chi connectivity index (χ1v) is 7.87. The van der Waals surface area contributed by atoms with Gasteiger partial charge in [0.2, 0.25) is 0 Å². The first-order valence-electron chi connectivity index (χ1n) is 7.08. The van der Waals surface area contributed by atoms with Crippen molar-refractivity contribution in [1.82, 2.24) is 5.32 Å². The van der Waals surface area contributed by atoms with Gasteiger partial charge in [-0.05, 0) is 36.7 Å². The quantitative estimate of drug-likeness (QED) is 0.729. The Balaban J connectivity index is 2.15.